The number of pyridine rings is 1. The number of hydrogen-bond acceptors (Lipinski definition) is 5. The first-order valence-electron chi connectivity index (χ1n) is 4.41. The molecule has 0 saturated heterocycles. The monoisotopic (exact) mass is 202 g/mol. The third kappa shape index (κ3) is 1.71. The summed E-state index contributed by atoms with van der Waals surface area (Å²) in [6.07, 6.45) is 2.96. The Balaban J connectivity index is 2.60. The zero-order chi connectivity index (χ0) is 10.8. The number of nitrogens with zero attached hydrogens (tertiary/aromatic N) is 3. The normalized spacial score (nSPS) is 10.2. The quantitative estimate of drug-likeness (QED) is 0.724. The molecule has 0 amide bonds. The number of aromatic hydroxyl groups is 1. The first kappa shape index (κ1) is 9.39. The molecule has 3 N–H and O–H groups in total. The van der Waals surface area contributed by atoms with Gasteiger partial charge in [0.25, 0.3) is 0 Å². The van der Waals surface area contributed by atoms with E-state index in [1.165, 1.54) is 6.20 Å². The summed E-state index contributed by atoms with van der Waals surface area (Å²) in [6, 6.07) is 3.39. The van der Waals surface area contributed by atoms with E-state index < -0.39 is 0 Å². The first-order chi connectivity index (χ1) is 7.18. The van der Waals surface area contributed by atoms with Crippen LogP contribution in [0.15, 0.2) is 24.5 Å². The molecule has 0 aliphatic rings. The topological polar surface area (TPSA) is 84.9 Å². The molecule has 0 fully saturated rings. The Labute approximate surface area is 86.6 Å². The zero-order valence-electron chi connectivity index (χ0n) is 8.18. The fourth-order valence-electron chi connectivity index (χ4n) is 1.36. The first-order valence-corrected chi connectivity index (χ1v) is 4.41. The number of aromatic nitrogens is 3. The van der Waals surface area contributed by atoms with Gasteiger partial charge in [-0.3, -0.25) is 4.98 Å². The van der Waals surface area contributed by atoms with Gasteiger partial charge in [-0.1, -0.05) is 0 Å². The van der Waals surface area contributed by atoms with E-state index in [0.29, 0.717) is 17.1 Å². The van der Waals surface area contributed by atoms with Crippen LogP contribution < -0.4 is 5.73 Å². The highest BCUT2D eigenvalue weighted by Crippen LogP contribution is 2.28. The van der Waals surface area contributed by atoms with Gasteiger partial charge in [-0.2, -0.15) is 0 Å². The van der Waals surface area contributed by atoms with Crippen molar-refractivity contribution >= 4 is 5.82 Å². The summed E-state index contributed by atoms with van der Waals surface area (Å²) < 4.78 is 0. The number of hydrogen-bond donors (Lipinski definition) is 2. The fourth-order valence-corrected chi connectivity index (χ4v) is 1.36. The zero-order valence-corrected chi connectivity index (χ0v) is 8.18. The molecule has 0 bridgehead atoms. The molecule has 0 unspecified atom stereocenters. The van der Waals surface area contributed by atoms with Gasteiger partial charge in [0, 0.05) is 11.8 Å². The molecule has 2 aromatic rings. The highest BCUT2D eigenvalue weighted by molar-refractivity contribution is 5.68. The summed E-state index contributed by atoms with van der Waals surface area (Å²) in [6.45, 7) is 1.86. The van der Waals surface area contributed by atoms with Crippen molar-refractivity contribution in [3.63, 3.8) is 0 Å². The van der Waals surface area contributed by atoms with Crippen molar-refractivity contribution in [1.29, 1.82) is 0 Å². The Morgan fingerprint density at radius 1 is 1.33 bits per heavy atom. The molecule has 2 heterocycles. The molecule has 15 heavy (non-hydrogen) atoms. The average molecular weight is 202 g/mol. The fraction of sp³-hybridized carbons (Fsp3) is 0.100. The number of nitrogens with two attached hydrogens (primary N) is 1. The Morgan fingerprint density at radius 3 is 2.80 bits per heavy atom. The predicted octanol–water partition coefficient (Wildman–Crippen LogP) is 1.13. The van der Waals surface area contributed by atoms with Crippen LogP contribution in [0, 0.1) is 6.92 Å². The van der Waals surface area contributed by atoms with E-state index in [-0.39, 0.29) is 5.75 Å². The minimum Gasteiger partial charge on any atom is -0.506 e. The Kier molecular flexibility index (Phi) is 2.21. The van der Waals surface area contributed by atoms with E-state index in [1.807, 2.05) is 6.92 Å². The molecule has 2 rings (SSSR count). The van der Waals surface area contributed by atoms with Gasteiger partial charge in [0.2, 0.25) is 0 Å². The van der Waals surface area contributed by atoms with E-state index in [0.717, 1.165) is 5.56 Å². The molecule has 5 nitrogen and oxygen atoms in total. The number of anilines is 1. The van der Waals surface area contributed by atoms with Crippen molar-refractivity contribution in [1.82, 2.24) is 15.2 Å². The standard InChI is InChI=1S/C10H10N4O/c1-6-4-9(11)13-14-10(6)7-2-3-12-5-8(7)15/h2-5,15H,1H3,(H2,11,13). The smallest absolute Gasteiger partial charge is 0.146 e. The number of aryl methyl sites for hydroxylation is 1. The van der Waals surface area contributed by atoms with E-state index >= 15 is 0 Å². The van der Waals surface area contributed by atoms with Crippen molar-refractivity contribution in [2.24, 2.45) is 0 Å². The lowest BCUT2D eigenvalue weighted by Crippen LogP contribution is -1.97. The van der Waals surface area contributed by atoms with Gasteiger partial charge >= 0.3 is 0 Å². The number of nitrogen functional groups attached to an aromatic ring is 1. The molecule has 0 saturated carbocycles. The third-order valence-electron chi connectivity index (χ3n) is 2.06. The summed E-state index contributed by atoms with van der Waals surface area (Å²) in [5.74, 6) is 0.449. The van der Waals surface area contributed by atoms with E-state index in [9.17, 15) is 5.11 Å². The lowest BCUT2D eigenvalue weighted by molar-refractivity contribution is 0.474. The van der Waals surface area contributed by atoms with Crippen molar-refractivity contribution in [3.8, 4) is 17.0 Å². The van der Waals surface area contributed by atoms with Crippen molar-refractivity contribution in [2.75, 3.05) is 5.73 Å². The van der Waals surface area contributed by atoms with Crippen LogP contribution in [0.25, 0.3) is 11.3 Å². The van der Waals surface area contributed by atoms with Gasteiger partial charge in [-0.15, -0.1) is 10.2 Å². The maximum atomic E-state index is 9.60. The van der Waals surface area contributed by atoms with Crippen LogP contribution in [0.5, 0.6) is 5.75 Å². The predicted molar refractivity (Wildman–Crippen MR) is 56.1 cm³/mol. The lowest BCUT2D eigenvalue weighted by Gasteiger charge is -2.05. The van der Waals surface area contributed by atoms with Crippen LogP contribution in [-0.2, 0) is 0 Å². The maximum absolute atomic E-state index is 9.60. The highest BCUT2D eigenvalue weighted by atomic mass is 16.3. The molecule has 0 spiro atoms. The maximum Gasteiger partial charge on any atom is 0.146 e. The van der Waals surface area contributed by atoms with Gasteiger partial charge in [-0.25, -0.2) is 0 Å². The summed E-state index contributed by atoms with van der Waals surface area (Å²) in [4.78, 5) is 3.79. The summed E-state index contributed by atoms with van der Waals surface area (Å²) >= 11 is 0. The van der Waals surface area contributed by atoms with Gasteiger partial charge in [-0.05, 0) is 24.6 Å². The summed E-state index contributed by atoms with van der Waals surface area (Å²) in [7, 11) is 0. The molecule has 0 aliphatic heterocycles. The van der Waals surface area contributed by atoms with Crippen molar-refractivity contribution < 1.29 is 5.11 Å². The van der Waals surface area contributed by atoms with Crippen molar-refractivity contribution in [3.05, 3.63) is 30.1 Å². The lowest BCUT2D eigenvalue weighted by atomic mass is 10.1. The molecule has 0 aromatic carbocycles. The molecule has 0 atom stereocenters. The highest BCUT2D eigenvalue weighted by Gasteiger charge is 2.09. The SMILES string of the molecule is Cc1cc(N)nnc1-c1ccncc1O. The molecule has 0 aliphatic carbocycles. The second-order valence-corrected chi connectivity index (χ2v) is 3.19. The Morgan fingerprint density at radius 2 is 2.13 bits per heavy atom. The van der Waals surface area contributed by atoms with Crippen LogP contribution in [0.3, 0.4) is 0 Å². The summed E-state index contributed by atoms with van der Waals surface area (Å²) in [5, 5.41) is 17.3. The Bertz CT molecular complexity index is 499. The van der Waals surface area contributed by atoms with Gasteiger partial charge < -0.3 is 10.8 Å². The molecular weight excluding hydrogens is 192 g/mol. The molecule has 0 radical (unpaired) electrons. The van der Waals surface area contributed by atoms with Crippen molar-refractivity contribution in [2.45, 2.75) is 6.92 Å². The second-order valence-electron chi connectivity index (χ2n) is 3.19. The van der Waals surface area contributed by atoms with E-state index in [1.54, 1.807) is 18.3 Å². The largest absolute Gasteiger partial charge is 0.506 e. The van der Waals surface area contributed by atoms with Crippen LogP contribution in [-0.4, -0.2) is 20.3 Å². The molecule has 2 aromatic heterocycles. The van der Waals surface area contributed by atoms with Gasteiger partial charge in [0.15, 0.2) is 0 Å². The number of rotatable bonds is 1. The molecule has 76 valence electrons. The minimum atomic E-state index is 0.0830. The second kappa shape index (κ2) is 3.53. The van der Waals surface area contributed by atoms with Crippen LogP contribution in [0.1, 0.15) is 5.56 Å². The van der Waals surface area contributed by atoms with E-state index in [4.69, 9.17) is 5.73 Å². The van der Waals surface area contributed by atoms with Crippen LogP contribution in [0.2, 0.25) is 0 Å². The van der Waals surface area contributed by atoms with Gasteiger partial charge in [0.05, 0.1) is 11.9 Å². The third-order valence-corrected chi connectivity index (χ3v) is 2.06. The molecular formula is C10H10N4O. The Hall–Kier alpha value is -2.17. The minimum absolute atomic E-state index is 0.0830. The van der Waals surface area contributed by atoms with Crippen LogP contribution >= 0.6 is 0 Å². The van der Waals surface area contributed by atoms with Crippen LogP contribution in [0.4, 0.5) is 5.82 Å². The van der Waals surface area contributed by atoms with E-state index in [2.05, 4.69) is 15.2 Å². The molecule has 5 heteroatoms. The average Bonchev–Trinajstić information content (AvgIpc) is 2.20. The van der Waals surface area contributed by atoms with Gasteiger partial charge in [0.1, 0.15) is 11.6 Å². The summed E-state index contributed by atoms with van der Waals surface area (Å²) in [5.41, 5.74) is 7.58.